The molecule has 2 aromatic carbocycles. The summed E-state index contributed by atoms with van der Waals surface area (Å²) in [7, 11) is 1.59. The van der Waals surface area contributed by atoms with E-state index in [1.807, 2.05) is 43.3 Å². The first kappa shape index (κ1) is 21.6. The number of thioether (sulfide) groups is 2. The van der Waals surface area contributed by atoms with Gasteiger partial charge in [-0.05, 0) is 42.8 Å². The molecule has 0 bridgehead atoms. The molecule has 0 saturated carbocycles. The van der Waals surface area contributed by atoms with Gasteiger partial charge in [0.2, 0.25) is 5.12 Å². The van der Waals surface area contributed by atoms with Crippen LogP contribution in [0.1, 0.15) is 22.8 Å². The normalized spacial score (nSPS) is 20.5. The van der Waals surface area contributed by atoms with Crippen LogP contribution in [0.5, 0.6) is 11.5 Å². The molecule has 2 aromatic rings. The maximum absolute atomic E-state index is 12.9. The monoisotopic (exact) mass is 458 g/mol. The lowest BCUT2D eigenvalue weighted by molar-refractivity contribution is -0.112. The van der Waals surface area contributed by atoms with E-state index in [1.54, 1.807) is 29.8 Å². The molecule has 1 saturated heterocycles. The molecule has 2 heterocycles. The topological polar surface area (TPSA) is 84.9 Å². The Morgan fingerprint density at radius 2 is 1.81 bits per heavy atom. The molecule has 0 spiro atoms. The van der Waals surface area contributed by atoms with Gasteiger partial charge in [0.25, 0.3) is 11.1 Å². The van der Waals surface area contributed by atoms with Gasteiger partial charge >= 0.3 is 0 Å². The zero-order valence-electron chi connectivity index (χ0n) is 17.1. The van der Waals surface area contributed by atoms with Crippen molar-refractivity contribution in [2.24, 2.45) is 0 Å². The molecule has 2 aliphatic rings. The van der Waals surface area contributed by atoms with Gasteiger partial charge in [0.1, 0.15) is 24.1 Å². The lowest BCUT2D eigenvalue weighted by Crippen LogP contribution is -2.42. The number of rotatable bonds is 7. The molecule has 4 rings (SSSR count). The summed E-state index contributed by atoms with van der Waals surface area (Å²) >= 11 is 2.36. The number of nitrogens with one attached hydrogen (secondary N) is 1. The summed E-state index contributed by atoms with van der Waals surface area (Å²) in [5.74, 6) is 1.32. The highest BCUT2D eigenvalue weighted by atomic mass is 32.2. The van der Waals surface area contributed by atoms with Crippen molar-refractivity contribution in [1.82, 2.24) is 10.2 Å². The van der Waals surface area contributed by atoms with Crippen molar-refractivity contribution >= 4 is 39.8 Å². The highest BCUT2D eigenvalue weighted by molar-refractivity contribution is 8.26. The maximum Gasteiger partial charge on any atom is 0.287 e. The van der Waals surface area contributed by atoms with E-state index in [0.717, 1.165) is 22.2 Å². The third-order valence-corrected chi connectivity index (χ3v) is 7.14. The summed E-state index contributed by atoms with van der Waals surface area (Å²) in [5.41, 5.74) is 1.59. The molecule has 9 heteroatoms. The smallest absolute Gasteiger partial charge is 0.287 e. The summed E-state index contributed by atoms with van der Waals surface area (Å²) in [4.78, 5) is 38.7. The number of hydrogen-bond acceptors (Lipinski definition) is 7. The number of fused-ring (bicyclic) bond motifs is 1. The summed E-state index contributed by atoms with van der Waals surface area (Å²) in [6.45, 7) is 2.83. The number of hydrogen-bond donors (Lipinski definition) is 1. The molecule has 31 heavy (non-hydrogen) atoms. The van der Waals surface area contributed by atoms with Crippen molar-refractivity contribution in [2.45, 2.75) is 29.7 Å². The summed E-state index contributed by atoms with van der Waals surface area (Å²) in [6.07, 6.45) is 0.456. The largest absolute Gasteiger partial charge is 0.497 e. The van der Waals surface area contributed by atoms with E-state index in [4.69, 9.17) is 9.47 Å². The Morgan fingerprint density at radius 3 is 2.48 bits per heavy atom. The Balaban J connectivity index is 1.32. The molecule has 2 unspecified atom stereocenters. The predicted octanol–water partition coefficient (Wildman–Crippen LogP) is 3.56. The van der Waals surface area contributed by atoms with E-state index in [1.165, 1.54) is 0 Å². The van der Waals surface area contributed by atoms with E-state index in [0.29, 0.717) is 36.6 Å². The molecule has 0 aromatic heterocycles. The van der Waals surface area contributed by atoms with Crippen LogP contribution in [0.4, 0.5) is 4.79 Å². The van der Waals surface area contributed by atoms with Gasteiger partial charge in [0.15, 0.2) is 0 Å². The number of methoxy groups -OCH3 is 1. The predicted molar refractivity (Wildman–Crippen MR) is 120 cm³/mol. The number of benzene rings is 2. The van der Waals surface area contributed by atoms with E-state index < -0.39 is 6.04 Å². The van der Waals surface area contributed by atoms with Crippen LogP contribution >= 0.6 is 23.5 Å². The molecular formula is C22H22N2O5S2. The molecule has 0 radical (unpaired) electrons. The molecule has 0 aliphatic carbocycles. The van der Waals surface area contributed by atoms with Crippen LogP contribution in [-0.2, 0) is 11.2 Å². The number of carbonyl (C=O) groups is 3. The number of nitrogens with zero attached hydrogens (tertiary/aromatic N) is 1. The van der Waals surface area contributed by atoms with Gasteiger partial charge in [0.05, 0.1) is 24.6 Å². The maximum atomic E-state index is 12.9. The fraction of sp³-hybridized carbons (Fsp3) is 0.318. The third kappa shape index (κ3) is 4.83. The van der Waals surface area contributed by atoms with Crippen LogP contribution in [0.25, 0.3) is 0 Å². The van der Waals surface area contributed by atoms with Crippen molar-refractivity contribution in [3.63, 3.8) is 0 Å². The van der Waals surface area contributed by atoms with Crippen LogP contribution in [0.15, 0.2) is 47.4 Å². The first-order chi connectivity index (χ1) is 14.9. The van der Waals surface area contributed by atoms with Crippen molar-refractivity contribution in [1.29, 1.82) is 0 Å². The molecule has 2 atom stereocenters. The van der Waals surface area contributed by atoms with Gasteiger partial charge in [-0.25, -0.2) is 0 Å². The average Bonchev–Trinajstić information content (AvgIpc) is 3.08. The summed E-state index contributed by atoms with van der Waals surface area (Å²) in [6, 6.07) is 12.5. The standard InChI is InChI=1S/C22H22N2O5S2/c1-13-24(20(25)17-12-16(28-2)7-8-19(17)30-13)9-10-29-15-5-3-14(4-6-15)11-18-21(26)31-22(27)23-18/h3-8,12-13,18H,9-11H2,1-2H3,(H,23,27). The van der Waals surface area contributed by atoms with Crippen LogP contribution in [-0.4, -0.2) is 52.8 Å². The second-order valence-corrected chi connectivity index (χ2v) is 9.51. The fourth-order valence-corrected chi connectivity index (χ4v) is 5.29. The van der Waals surface area contributed by atoms with Crippen molar-refractivity contribution in [2.75, 3.05) is 20.3 Å². The lowest BCUT2D eigenvalue weighted by atomic mass is 10.1. The first-order valence-electron chi connectivity index (χ1n) is 9.84. The van der Waals surface area contributed by atoms with Gasteiger partial charge in [-0.15, -0.1) is 11.8 Å². The van der Waals surface area contributed by atoms with Crippen molar-refractivity contribution in [3.8, 4) is 11.5 Å². The lowest BCUT2D eigenvalue weighted by Gasteiger charge is -2.34. The minimum absolute atomic E-state index is 0.0106. The number of ether oxygens (including phenoxy) is 2. The molecule has 7 nitrogen and oxygen atoms in total. The average molecular weight is 459 g/mol. The molecule has 2 amide bonds. The van der Waals surface area contributed by atoms with Crippen LogP contribution in [0.2, 0.25) is 0 Å². The van der Waals surface area contributed by atoms with E-state index in [-0.39, 0.29) is 21.6 Å². The van der Waals surface area contributed by atoms with Gasteiger partial charge < -0.3 is 19.7 Å². The third-order valence-electron chi connectivity index (χ3n) is 5.15. The van der Waals surface area contributed by atoms with E-state index >= 15 is 0 Å². The highest BCUT2D eigenvalue weighted by Crippen LogP contribution is 2.37. The van der Waals surface area contributed by atoms with Gasteiger partial charge in [-0.2, -0.15) is 0 Å². The van der Waals surface area contributed by atoms with Gasteiger partial charge in [-0.3, -0.25) is 14.4 Å². The molecule has 162 valence electrons. The Labute approximate surface area is 188 Å². The van der Waals surface area contributed by atoms with Crippen molar-refractivity contribution in [3.05, 3.63) is 53.6 Å². The highest BCUT2D eigenvalue weighted by Gasteiger charge is 2.32. The summed E-state index contributed by atoms with van der Waals surface area (Å²) in [5, 5.41) is 2.22. The van der Waals surface area contributed by atoms with Gasteiger partial charge in [-0.1, -0.05) is 12.1 Å². The zero-order chi connectivity index (χ0) is 22.0. The van der Waals surface area contributed by atoms with Crippen LogP contribution in [0.3, 0.4) is 0 Å². The fourth-order valence-electron chi connectivity index (χ4n) is 3.50. The minimum atomic E-state index is -0.477. The quantitative estimate of drug-likeness (QED) is 0.679. The Bertz CT molecular complexity index is 1010. The SMILES string of the molecule is COc1ccc2c(c1)C(=O)N(CCOc1ccc(CC3NC(=O)SC3=O)cc1)C(C)S2. The van der Waals surface area contributed by atoms with Crippen LogP contribution < -0.4 is 14.8 Å². The Kier molecular flexibility index (Phi) is 6.43. The van der Waals surface area contributed by atoms with E-state index in [9.17, 15) is 14.4 Å². The Hall–Kier alpha value is -2.65. The van der Waals surface area contributed by atoms with E-state index in [2.05, 4.69) is 5.32 Å². The molecular weight excluding hydrogens is 436 g/mol. The molecule has 1 fully saturated rings. The minimum Gasteiger partial charge on any atom is -0.497 e. The summed E-state index contributed by atoms with van der Waals surface area (Å²) < 4.78 is 11.1. The second-order valence-electron chi connectivity index (χ2n) is 7.18. The molecule has 1 N–H and O–H groups in total. The molecule has 2 aliphatic heterocycles. The second kappa shape index (κ2) is 9.23. The zero-order valence-corrected chi connectivity index (χ0v) is 18.8. The van der Waals surface area contributed by atoms with Crippen LogP contribution in [0, 0.1) is 0 Å². The van der Waals surface area contributed by atoms with Crippen molar-refractivity contribution < 1.29 is 23.9 Å². The first-order valence-corrected chi connectivity index (χ1v) is 11.5. The Morgan fingerprint density at radius 1 is 1.06 bits per heavy atom. The number of carbonyl (C=O) groups excluding carboxylic acids is 3. The van der Waals surface area contributed by atoms with Gasteiger partial charge in [0, 0.05) is 23.1 Å². The number of amides is 2.